The van der Waals surface area contributed by atoms with Crippen molar-refractivity contribution in [2.75, 3.05) is 0 Å². The van der Waals surface area contributed by atoms with Gasteiger partial charge in [0.25, 0.3) is 0 Å². The van der Waals surface area contributed by atoms with Crippen LogP contribution in [0.2, 0.25) is 0 Å². The minimum absolute atomic E-state index is 1.02. The molecule has 2 heterocycles. The van der Waals surface area contributed by atoms with Crippen LogP contribution in [-0.4, -0.2) is 9.13 Å². The predicted molar refractivity (Wildman–Crippen MR) is 234 cm³/mol. The molecule has 0 spiro atoms. The normalized spacial score (nSPS) is 12.0. The maximum atomic E-state index is 2.55. The van der Waals surface area contributed by atoms with Crippen molar-refractivity contribution >= 4 is 65.2 Å². The number of fused-ring (bicyclic) bond motifs is 8. The van der Waals surface area contributed by atoms with Gasteiger partial charge in [-0.2, -0.15) is 0 Å². The van der Waals surface area contributed by atoms with Crippen molar-refractivity contribution in [3.8, 4) is 33.4 Å². The minimum atomic E-state index is 1.02. The van der Waals surface area contributed by atoms with Gasteiger partial charge in [0.05, 0.1) is 0 Å². The summed E-state index contributed by atoms with van der Waals surface area (Å²) in [6.07, 6.45) is 4.65. The number of aryl methyl sites for hydroxylation is 2. The molecule has 0 unspecified atom stereocenters. The van der Waals surface area contributed by atoms with Crippen molar-refractivity contribution in [3.63, 3.8) is 0 Å². The number of rotatable bonds is 9. The molecule has 0 N–H and O–H groups in total. The average Bonchev–Trinajstić information content (AvgIpc) is 3.71. The first-order valence-corrected chi connectivity index (χ1v) is 19.8. The van der Waals surface area contributed by atoms with E-state index in [1.807, 2.05) is 0 Å². The molecule has 0 atom stereocenters. The summed E-state index contributed by atoms with van der Waals surface area (Å²) >= 11 is 0. The monoisotopic (exact) mass is 696 g/mol. The number of hydrogen-bond donors (Lipinski definition) is 0. The Hall–Kier alpha value is -6.12. The summed E-state index contributed by atoms with van der Waals surface area (Å²) < 4.78 is 5.09. The maximum Gasteiger partial charge on any atom is 0.0491 e. The fourth-order valence-corrected chi connectivity index (χ4v) is 8.97. The van der Waals surface area contributed by atoms with Gasteiger partial charge in [-0.05, 0) is 116 Å². The molecule has 0 aliphatic carbocycles. The van der Waals surface area contributed by atoms with Crippen LogP contribution in [-0.2, 0) is 13.1 Å². The van der Waals surface area contributed by atoms with Crippen LogP contribution in [0.1, 0.15) is 39.5 Å². The van der Waals surface area contributed by atoms with Crippen molar-refractivity contribution in [2.45, 2.75) is 52.6 Å². The molecular formula is C52H44N2. The van der Waals surface area contributed by atoms with E-state index in [1.54, 1.807) is 0 Å². The predicted octanol–water partition coefficient (Wildman–Crippen LogP) is 14.8. The van der Waals surface area contributed by atoms with Crippen LogP contribution >= 0.6 is 0 Å². The van der Waals surface area contributed by atoms with Crippen LogP contribution in [0.25, 0.3) is 98.5 Å². The first kappa shape index (κ1) is 32.5. The molecule has 2 nitrogen and oxygen atoms in total. The number of aromatic nitrogens is 2. The molecular weight excluding hydrogens is 653 g/mol. The molecule has 0 aliphatic heterocycles. The molecule has 0 radical (unpaired) electrons. The Morgan fingerprint density at radius 1 is 0.333 bits per heavy atom. The third kappa shape index (κ3) is 5.31. The highest BCUT2D eigenvalue weighted by molar-refractivity contribution is 6.14. The second kappa shape index (κ2) is 13.4. The van der Waals surface area contributed by atoms with Crippen molar-refractivity contribution in [3.05, 3.63) is 158 Å². The van der Waals surface area contributed by atoms with Crippen LogP contribution in [0.15, 0.2) is 158 Å². The summed E-state index contributed by atoms with van der Waals surface area (Å²) in [5.74, 6) is 0. The fourth-order valence-electron chi connectivity index (χ4n) is 8.97. The van der Waals surface area contributed by atoms with Gasteiger partial charge in [-0.25, -0.2) is 0 Å². The molecule has 0 aliphatic rings. The molecule has 0 saturated carbocycles. The molecule has 0 amide bonds. The number of benzene rings is 8. The van der Waals surface area contributed by atoms with Gasteiger partial charge < -0.3 is 9.13 Å². The zero-order valence-electron chi connectivity index (χ0n) is 31.1. The molecule has 2 heteroatoms. The van der Waals surface area contributed by atoms with E-state index in [-0.39, 0.29) is 0 Å². The summed E-state index contributed by atoms with van der Waals surface area (Å²) in [4.78, 5) is 0. The average molecular weight is 697 g/mol. The Morgan fingerprint density at radius 3 is 1.09 bits per heavy atom. The third-order valence-electron chi connectivity index (χ3n) is 11.7. The zero-order chi connectivity index (χ0) is 36.2. The molecule has 0 fully saturated rings. The van der Waals surface area contributed by atoms with E-state index >= 15 is 0 Å². The van der Waals surface area contributed by atoms with Gasteiger partial charge in [0, 0.05) is 56.7 Å². The second-order valence-corrected chi connectivity index (χ2v) is 15.0. The lowest BCUT2D eigenvalue weighted by Gasteiger charge is -2.09. The molecule has 10 aromatic rings. The highest BCUT2D eigenvalue weighted by Crippen LogP contribution is 2.40. The maximum absolute atomic E-state index is 2.55. The highest BCUT2D eigenvalue weighted by Gasteiger charge is 2.17. The summed E-state index contributed by atoms with van der Waals surface area (Å²) in [5.41, 5.74) is 12.9. The van der Waals surface area contributed by atoms with Gasteiger partial charge in [-0.1, -0.05) is 136 Å². The van der Waals surface area contributed by atoms with Crippen molar-refractivity contribution in [2.24, 2.45) is 0 Å². The van der Waals surface area contributed by atoms with Crippen LogP contribution in [0, 0.1) is 0 Å². The first-order valence-electron chi connectivity index (χ1n) is 19.8. The highest BCUT2D eigenvalue weighted by atomic mass is 15.0. The van der Waals surface area contributed by atoms with Crippen molar-refractivity contribution in [1.82, 2.24) is 9.13 Å². The summed E-state index contributed by atoms with van der Waals surface area (Å²) in [6.45, 7) is 6.60. The lowest BCUT2D eigenvalue weighted by atomic mass is 9.96. The van der Waals surface area contributed by atoms with Gasteiger partial charge in [0.1, 0.15) is 0 Å². The molecule has 10 rings (SSSR count). The lowest BCUT2D eigenvalue weighted by Crippen LogP contribution is -1.97. The Labute approximate surface area is 316 Å². The largest absolute Gasteiger partial charge is 0.340 e. The van der Waals surface area contributed by atoms with Gasteiger partial charge in [0.2, 0.25) is 0 Å². The molecule has 0 saturated heterocycles. The first-order chi connectivity index (χ1) is 26.7. The standard InChI is InChI=1S/C52H44N2/c1-3-5-29-53-49-25-21-37(31-45(49)47-33-39(23-27-51(47)53)43-19-11-15-35-13-7-9-17-41(35)43)38-22-26-50-46(32-38)48-34-40(24-28-52(48)54(50)30-6-4-2)44-20-12-16-36-14-8-10-18-42(36)44/h7-28,31-34H,3-6,29-30H2,1-2H3. The Kier molecular flexibility index (Phi) is 8.06. The zero-order valence-corrected chi connectivity index (χ0v) is 31.1. The van der Waals surface area contributed by atoms with E-state index in [0.717, 1.165) is 25.9 Å². The number of hydrogen-bond acceptors (Lipinski definition) is 0. The Balaban J connectivity index is 1.15. The molecule has 54 heavy (non-hydrogen) atoms. The minimum Gasteiger partial charge on any atom is -0.340 e. The van der Waals surface area contributed by atoms with E-state index in [4.69, 9.17) is 0 Å². The van der Waals surface area contributed by atoms with Gasteiger partial charge in [0.15, 0.2) is 0 Å². The van der Waals surface area contributed by atoms with E-state index < -0.39 is 0 Å². The fraction of sp³-hybridized carbons (Fsp3) is 0.154. The quantitative estimate of drug-likeness (QED) is 0.142. The molecule has 262 valence electrons. The van der Waals surface area contributed by atoms with E-state index in [1.165, 1.54) is 111 Å². The summed E-state index contributed by atoms with van der Waals surface area (Å²) in [5, 5.41) is 10.4. The smallest absolute Gasteiger partial charge is 0.0491 e. The SMILES string of the molecule is CCCCn1c2ccc(-c3ccc4c(c3)c3cc(-c5cccc6ccccc56)ccc3n4CCCC)cc2c2cc(-c3cccc4ccccc34)ccc21. The third-order valence-corrected chi connectivity index (χ3v) is 11.7. The van der Waals surface area contributed by atoms with Crippen LogP contribution in [0.3, 0.4) is 0 Å². The van der Waals surface area contributed by atoms with Crippen LogP contribution in [0.5, 0.6) is 0 Å². The van der Waals surface area contributed by atoms with E-state index in [9.17, 15) is 0 Å². The van der Waals surface area contributed by atoms with Gasteiger partial charge in [-0.15, -0.1) is 0 Å². The van der Waals surface area contributed by atoms with Gasteiger partial charge >= 0.3 is 0 Å². The summed E-state index contributed by atoms with van der Waals surface area (Å²) in [6, 6.07) is 59.3. The molecule has 2 aromatic heterocycles. The topological polar surface area (TPSA) is 9.86 Å². The number of unbranched alkanes of at least 4 members (excludes halogenated alkanes) is 2. The van der Waals surface area contributed by atoms with Crippen molar-refractivity contribution < 1.29 is 0 Å². The van der Waals surface area contributed by atoms with Crippen LogP contribution < -0.4 is 0 Å². The molecule has 0 bridgehead atoms. The van der Waals surface area contributed by atoms with Crippen molar-refractivity contribution in [1.29, 1.82) is 0 Å². The second-order valence-electron chi connectivity index (χ2n) is 15.0. The summed E-state index contributed by atoms with van der Waals surface area (Å²) in [7, 11) is 0. The number of nitrogens with zero attached hydrogens (tertiary/aromatic N) is 2. The molecule has 8 aromatic carbocycles. The van der Waals surface area contributed by atoms with Gasteiger partial charge in [-0.3, -0.25) is 0 Å². The lowest BCUT2D eigenvalue weighted by molar-refractivity contribution is 0.665. The Morgan fingerprint density at radius 2 is 0.685 bits per heavy atom. The van der Waals surface area contributed by atoms with E-state index in [0.29, 0.717) is 0 Å². The van der Waals surface area contributed by atoms with Crippen LogP contribution in [0.4, 0.5) is 0 Å². The Bertz CT molecular complexity index is 2810. The van der Waals surface area contributed by atoms with E-state index in [2.05, 4.69) is 181 Å².